The lowest BCUT2D eigenvalue weighted by Gasteiger charge is -2.23. The van der Waals surface area contributed by atoms with E-state index in [-0.39, 0.29) is 0 Å². The maximum atomic E-state index is 5.28. The summed E-state index contributed by atoms with van der Waals surface area (Å²) >= 11 is 0. The third-order valence-electron chi connectivity index (χ3n) is 2.87. The topological polar surface area (TPSA) is 56.3 Å². The zero-order valence-electron chi connectivity index (χ0n) is 9.69. The van der Waals surface area contributed by atoms with E-state index >= 15 is 0 Å². The molecule has 0 aliphatic carbocycles. The summed E-state index contributed by atoms with van der Waals surface area (Å²) in [7, 11) is 3.18. The van der Waals surface area contributed by atoms with E-state index in [1.807, 2.05) is 6.20 Å². The molecule has 0 spiro atoms. The van der Waals surface area contributed by atoms with E-state index in [0.29, 0.717) is 17.8 Å². The van der Waals surface area contributed by atoms with Gasteiger partial charge in [0.1, 0.15) is 0 Å². The van der Waals surface area contributed by atoms with Crippen molar-refractivity contribution in [1.29, 1.82) is 0 Å². The largest absolute Gasteiger partial charge is 0.481 e. The molecular weight excluding hydrogens is 206 g/mol. The van der Waals surface area contributed by atoms with Crippen molar-refractivity contribution in [2.24, 2.45) is 0 Å². The highest BCUT2D eigenvalue weighted by Gasteiger charge is 2.20. The van der Waals surface area contributed by atoms with Gasteiger partial charge in [0, 0.05) is 24.2 Å². The van der Waals surface area contributed by atoms with Gasteiger partial charge in [0.2, 0.25) is 5.88 Å². The van der Waals surface area contributed by atoms with Crippen LogP contribution < -0.4 is 14.8 Å². The van der Waals surface area contributed by atoms with Crippen LogP contribution in [0.3, 0.4) is 0 Å². The summed E-state index contributed by atoms with van der Waals surface area (Å²) in [6.07, 6.45) is 4.14. The van der Waals surface area contributed by atoms with Crippen molar-refractivity contribution in [1.82, 2.24) is 15.3 Å². The van der Waals surface area contributed by atoms with E-state index < -0.39 is 0 Å². The molecule has 1 N–H and O–H groups in total. The van der Waals surface area contributed by atoms with Crippen molar-refractivity contribution in [3.8, 4) is 11.9 Å². The number of ether oxygens (including phenoxy) is 2. The van der Waals surface area contributed by atoms with Gasteiger partial charge in [0.25, 0.3) is 0 Å². The van der Waals surface area contributed by atoms with E-state index in [2.05, 4.69) is 15.3 Å². The SMILES string of the molecule is COc1ncc([C@@H]2CCCNC2)c(OC)n1. The normalized spacial score (nSPS) is 20.5. The lowest BCUT2D eigenvalue weighted by molar-refractivity contribution is 0.341. The Balaban J connectivity index is 2.24. The Morgan fingerprint density at radius 1 is 1.38 bits per heavy atom. The summed E-state index contributed by atoms with van der Waals surface area (Å²) in [5.41, 5.74) is 1.07. The van der Waals surface area contributed by atoms with Crippen molar-refractivity contribution in [2.75, 3.05) is 27.3 Å². The van der Waals surface area contributed by atoms with Gasteiger partial charge in [0.05, 0.1) is 14.2 Å². The Kier molecular flexibility index (Phi) is 3.56. The third-order valence-corrected chi connectivity index (χ3v) is 2.87. The maximum Gasteiger partial charge on any atom is 0.319 e. The minimum absolute atomic E-state index is 0.351. The van der Waals surface area contributed by atoms with Crippen LogP contribution in [-0.2, 0) is 0 Å². The molecule has 2 rings (SSSR count). The van der Waals surface area contributed by atoms with Crippen LogP contribution in [0.25, 0.3) is 0 Å². The highest BCUT2D eigenvalue weighted by atomic mass is 16.5. The number of nitrogens with one attached hydrogen (secondary N) is 1. The smallest absolute Gasteiger partial charge is 0.319 e. The van der Waals surface area contributed by atoms with Crippen LogP contribution >= 0.6 is 0 Å². The lowest BCUT2D eigenvalue weighted by atomic mass is 9.93. The molecule has 1 fully saturated rings. The summed E-state index contributed by atoms with van der Waals surface area (Å²) < 4.78 is 10.3. The Bertz CT molecular complexity index is 351. The first kappa shape index (κ1) is 11.1. The molecule has 1 aromatic heterocycles. The minimum atomic E-state index is 0.351. The van der Waals surface area contributed by atoms with Gasteiger partial charge in [-0.25, -0.2) is 4.98 Å². The van der Waals surface area contributed by atoms with Crippen molar-refractivity contribution >= 4 is 0 Å². The van der Waals surface area contributed by atoms with E-state index in [4.69, 9.17) is 9.47 Å². The van der Waals surface area contributed by atoms with Gasteiger partial charge in [-0.2, -0.15) is 4.98 Å². The fourth-order valence-electron chi connectivity index (χ4n) is 2.02. The van der Waals surface area contributed by atoms with Crippen LogP contribution in [0.4, 0.5) is 0 Å². The zero-order chi connectivity index (χ0) is 11.4. The van der Waals surface area contributed by atoms with Crippen LogP contribution in [0.5, 0.6) is 11.9 Å². The van der Waals surface area contributed by atoms with Gasteiger partial charge < -0.3 is 14.8 Å². The molecule has 88 valence electrons. The molecule has 0 saturated carbocycles. The van der Waals surface area contributed by atoms with E-state index in [9.17, 15) is 0 Å². The number of aromatic nitrogens is 2. The quantitative estimate of drug-likeness (QED) is 0.827. The standard InChI is InChI=1S/C11H17N3O2/c1-15-10-9(7-13-11(14-10)16-2)8-4-3-5-12-6-8/h7-8,12H,3-6H2,1-2H3/t8-/m1/s1. The minimum Gasteiger partial charge on any atom is -0.481 e. The molecule has 2 heterocycles. The fraction of sp³-hybridized carbons (Fsp3) is 0.636. The molecule has 0 aromatic carbocycles. The molecule has 1 aliphatic rings. The average Bonchev–Trinajstić information content (AvgIpc) is 2.39. The van der Waals surface area contributed by atoms with Crippen molar-refractivity contribution in [3.63, 3.8) is 0 Å². The lowest BCUT2D eigenvalue weighted by Crippen LogP contribution is -2.28. The van der Waals surface area contributed by atoms with Gasteiger partial charge in [-0.3, -0.25) is 0 Å². The van der Waals surface area contributed by atoms with Crippen LogP contribution in [0.1, 0.15) is 24.3 Å². The Labute approximate surface area is 95.2 Å². The third kappa shape index (κ3) is 2.24. The Morgan fingerprint density at radius 3 is 2.88 bits per heavy atom. The molecule has 1 saturated heterocycles. The molecule has 0 radical (unpaired) electrons. The van der Waals surface area contributed by atoms with E-state index in [1.165, 1.54) is 6.42 Å². The van der Waals surface area contributed by atoms with Gasteiger partial charge in [-0.1, -0.05) is 0 Å². The molecular formula is C11H17N3O2. The summed E-state index contributed by atoms with van der Waals surface area (Å²) in [4.78, 5) is 8.34. The molecule has 0 amide bonds. The highest BCUT2D eigenvalue weighted by Crippen LogP contribution is 2.29. The second kappa shape index (κ2) is 5.12. The summed E-state index contributed by atoms with van der Waals surface area (Å²) in [6, 6.07) is 0.351. The zero-order valence-corrected chi connectivity index (χ0v) is 9.69. The monoisotopic (exact) mass is 223 g/mol. The van der Waals surface area contributed by atoms with Gasteiger partial charge >= 0.3 is 6.01 Å². The maximum absolute atomic E-state index is 5.28. The number of methoxy groups -OCH3 is 2. The van der Waals surface area contributed by atoms with Crippen molar-refractivity contribution in [3.05, 3.63) is 11.8 Å². The Morgan fingerprint density at radius 2 is 2.25 bits per heavy atom. The number of piperidine rings is 1. The van der Waals surface area contributed by atoms with Crippen LogP contribution in [0.15, 0.2) is 6.20 Å². The molecule has 0 bridgehead atoms. The van der Waals surface area contributed by atoms with Gasteiger partial charge in [0.15, 0.2) is 0 Å². The first-order chi connectivity index (χ1) is 7.85. The van der Waals surface area contributed by atoms with Crippen molar-refractivity contribution in [2.45, 2.75) is 18.8 Å². The average molecular weight is 223 g/mol. The molecule has 1 aliphatic heterocycles. The summed E-state index contributed by atoms with van der Waals surface area (Å²) in [5.74, 6) is 1.06. The Hall–Kier alpha value is -1.36. The van der Waals surface area contributed by atoms with E-state index in [0.717, 1.165) is 25.1 Å². The molecule has 5 nitrogen and oxygen atoms in total. The summed E-state index contributed by atoms with van der Waals surface area (Å²) in [5, 5.41) is 3.37. The molecule has 16 heavy (non-hydrogen) atoms. The predicted molar refractivity (Wildman–Crippen MR) is 60.0 cm³/mol. The number of rotatable bonds is 3. The number of nitrogens with zero attached hydrogens (tertiary/aromatic N) is 2. The van der Waals surface area contributed by atoms with Crippen LogP contribution in [0, 0.1) is 0 Å². The fourth-order valence-corrected chi connectivity index (χ4v) is 2.02. The molecule has 0 unspecified atom stereocenters. The number of hydrogen-bond acceptors (Lipinski definition) is 5. The highest BCUT2D eigenvalue weighted by molar-refractivity contribution is 5.29. The van der Waals surface area contributed by atoms with Crippen LogP contribution in [0.2, 0.25) is 0 Å². The molecule has 1 atom stereocenters. The first-order valence-electron chi connectivity index (χ1n) is 5.50. The second-order valence-corrected chi connectivity index (χ2v) is 3.86. The summed E-state index contributed by atoms with van der Waals surface area (Å²) in [6.45, 7) is 2.06. The second-order valence-electron chi connectivity index (χ2n) is 3.86. The molecule has 1 aromatic rings. The first-order valence-corrected chi connectivity index (χ1v) is 5.50. The number of hydrogen-bond donors (Lipinski definition) is 1. The van der Waals surface area contributed by atoms with Crippen molar-refractivity contribution < 1.29 is 9.47 Å². The van der Waals surface area contributed by atoms with Crippen LogP contribution in [-0.4, -0.2) is 37.3 Å². The predicted octanol–water partition coefficient (Wildman–Crippen LogP) is 0.961. The van der Waals surface area contributed by atoms with Gasteiger partial charge in [-0.15, -0.1) is 0 Å². The molecule has 5 heteroatoms. The van der Waals surface area contributed by atoms with E-state index in [1.54, 1.807) is 14.2 Å². The van der Waals surface area contributed by atoms with Gasteiger partial charge in [-0.05, 0) is 19.4 Å².